The Morgan fingerprint density at radius 3 is 2.50 bits per heavy atom. The number of rotatable bonds is 4. The largest absolute Gasteiger partial charge is 0.493 e. The molecule has 1 heterocycles. The van der Waals surface area contributed by atoms with Crippen LogP contribution in [0.4, 0.5) is 5.69 Å². The number of anilines is 1. The maximum absolute atomic E-state index is 12.5. The van der Waals surface area contributed by atoms with Crippen molar-refractivity contribution < 1.29 is 22.1 Å². The van der Waals surface area contributed by atoms with Crippen LogP contribution in [0.2, 0.25) is 0 Å². The van der Waals surface area contributed by atoms with E-state index in [1.807, 2.05) is 0 Å². The van der Waals surface area contributed by atoms with Crippen LogP contribution >= 0.6 is 0 Å². The predicted octanol–water partition coefficient (Wildman–Crippen LogP) is 2.37. The van der Waals surface area contributed by atoms with Crippen LogP contribution in [-0.2, 0) is 21.3 Å². The number of ether oxygens (including phenoxy) is 1. The minimum absolute atomic E-state index is 0.0533. The quantitative estimate of drug-likeness (QED) is 0.794. The van der Waals surface area contributed by atoms with Crippen molar-refractivity contribution in [1.29, 1.82) is 0 Å². The summed E-state index contributed by atoms with van der Waals surface area (Å²) in [5.41, 5.74) is 1.56. The third kappa shape index (κ3) is 2.94. The average Bonchev–Trinajstić information content (AvgIpc) is 2.98. The summed E-state index contributed by atoms with van der Waals surface area (Å²) >= 11 is 0. The molecule has 3 rings (SSSR count). The molecule has 0 radical (unpaired) electrons. The number of hydrogen-bond acceptors (Lipinski definition) is 5. The van der Waals surface area contributed by atoms with Gasteiger partial charge < -0.3 is 13.8 Å². The molecule has 2 aromatic carbocycles. The third-order valence-corrected chi connectivity index (χ3v) is 5.11. The van der Waals surface area contributed by atoms with E-state index in [2.05, 4.69) is 0 Å². The highest BCUT2D eigenvalue weighted by atomic mass is 32.2. The van der Waals surface area contributed by atoms with Crippen molar-refractivity contribution in [2.45, 2.75) is 18.2 Å². The second kappa shape index (κ2) is 6.16. The molecule has 1 amide bonds. The lowest BCUT2D eigenvalue weighted by molar-refractivity contribution is -0.116. The fourth-order valence-corrected chi connectivity index (χ4v) is 3.71. The van der Waals surface area contributed by atoms with E-state index in [1.54, 1.807) is 35.2 Å². The van der Waals surface area contributed by atoms with E-state index >= 15 is 0 Å². The van der Waals surface area contributed by atoms with Gasteiger partial charge in [0, 0.05) is 19.2 Å². The van der Waals surface area contributed by atoms with Gasteiger partial charge in [-0.1, -0.05) is 12.1 Å². The van der Waals surface area contributed by atoms with Crippen LogP contribution < -0.4 is 13.8 Å². The number of amides is 1. The highest BCUT2D eigenvalue weighted by Crippen LogP contribution is 2.33. The SMILES string of the molecule is COc1ccccc1OS(=O)(=O)c1ccc2c(c1)CCN2C(C)=O. The molecule has 0 spiro atoms. The van der Waals surface area contributed by atoms with E-state index in [9.17, 15) is 13.2 Å². The normalized spacial score (nSPS) is 13.5. The zero-order chi connectivity index (χ0) is 17.3. The summed E-state index contributed by atoms with van der Waals surface area (Å²) in [7, 11) is -2.54. The summed E-state index contributed by atoms with van der Waals surface area (Å²) in [6, 6.07) is 11.2. The first-order valence-electron chi connectivity index (χ1n) is 7.41. The van der Waals surface area contributed by atoms with Crippen LogP contribution in [0.15, 0.2) is 47.4 Å². The van der Waals surface area contributed by atoms with E-state index in [1.165, 1.54) is 26.2 Å². The Kier molecular flexibility index (Phi) is 4.19. The number of carbonyl (C=O) groups excluding carboxylic acids is 1. The summed E-state index contributed by atoms with van der Waals surface area (Å²) in [5, 5.41) is 0. The molecular formula is C17H17NO5S. The van der Waals surface area contributed by atoms with Gasteiger partial charge in [0.05, 0.1) is 7.11 Å². The number of para-hydroxylation sites is 2. The third-order valence-electron chi connectivity index (χ3n) is 3.88. The monoisotopic (exact) mass is 347 g/mol. The Balaban J connectivity index is 1.93. The number of methoxy groups -OCH3 is 1. The molecule has 0 saturated heterocycles. The van der Waals surface area contributed by atoms with E-state index in [0.717, 1.165) is 11.3 Å². The van der Waals surface area contributed by atoms with Crippen molar-refractivity contribution in [2.75, 3.05) is 18.6 Å². The smallest absolute Gasteiger partial charge is 0.339 e. The summed E-state index contributed by atoms with van der Waals surface area (Å²) in [6.07, 6.45) is 0.618. The lowest BCUT2D eigenvalue weighted by Crippen LogP contribution is -2.25. The number of carbonyl (C=O) groups is 1. The van der Waals surface area contributed by atoms with Gasteiger partial charge in [-0.15, -0.1) is 0 Å². The van der Waals surface area contributed by atoms with Crippen molar-refractivity contribution >= 4 is 21.7 Å². The fourth-order valence-electron chi connectivity index (χ4n) is 2.71. The molecule has 0 unspecified atom stereocenters. The molecule has 0 saturated carbocycles. The summed E-state index contributed by atoms with van der Waals surface area (Å²) in [4.78, 5) is 13.3. The molecule has 24 heavy (non-hydrogen) atoms. The van der Waals surface area contributed by atoms with Gasteiger partial charge >= 0.3 is 10.1 Å². The Labute approximate surface area is 140 Å². The predicted molar refractivity (Wildman–Crippen MR) is 89.0 cm³/mol. The summed E-state index contributed by atoms with van der Waals surface area (Å²) in [6.45, 7) is 2.05. The van der Waals surface area contributed by atoms with Crippen LogP contribution in [0.3, 0.4) is 0 Å². The van der Waals surface area contributed by atoms with Gasteiger partial charge in [-0.3, -0.25) is 4.79 Å². The fraction of sp³-hybridized carbons (Fsp3) is 0.235. The van der Waals surface area contributed by atoms with Crippen LogP contribution in [0.25, 0.3) is 0 Å². The Bertz CT molecular complexity index is 892. The molecule has 0 aliphatic carbocycles. The number of hydrogen-bond donors (Lipinski definition) is 0. The Morgan fingerprint density at radius 2 is 1.83 bits per heavy atom. The second-order valence-electron chi connectivity index (χ2n) is 5.40. The molecule has 1 aliphatic rings. The molecule has 0 N–H and O–H groups in total. The highest BCUT2D eigenvalue weighted by molar-refractivity contribution is 7.87. The van der Waals surface area contributed by atoms with Crippen molar-refractivity contribution in [1.82, 2.24) is 0 Å². The van der Waals surface area contributed by atoms with E-state index in [0.29, 0.717) is 18.7 Å². The van der Waals surface area contributed by atoms with E-state index in [4.69, 9.17) is 8.92 Å². The van der Waals surface area contributed by atoms with Crippen LogP contribution in [0.1, 0.15) is 12.5 Å². The Hall–Kier alpha value is -2.54. The molecule has 126 valence electrons. The van der Waals surface area contributed by atoms with Gasteiger partial charge in [0.2, 0.25) is 5.91 Å². The molecule has 0 fully saturated rings. The van der Waals surface area contributed by atoms with Gasteiger partial charge in [-0.25, -0.2) is 0 Å². The molecule has 0 aromatic heterocycles. The topological polar surface area (TPSA) is 72.9 Å². The lowest BCUT2D eigenvalue weighted by Gasteiger charge is -2.15. The lowest BCUT2D eigenvalue weighted by atomic mass is 10.2. The minimum Gasteiger partial charge on any atom is -0.493 e. The van der Waals surface area contributed by atoms with Crippen molar-refractivity contribution in [2.24, 2.45) is 0 Å². The van der Waals surface area contributed by atoms with Gasteiger partial charge in [-0.2, -0.15) is 8.42 Å². The first-order valence-corrected chi connectivity index (χ1v) is 8.82. The van der Waals surface area contributed by atoms with Gasteiger partial charge in [0.25, 0.3) is 0 Å². The number of benzene rings is 2. The molecule has 0 atom stereocenters. The standard InChI is InChI=1S/C17H17NO5S/c1-12(19)18-10-9-13-11-14(7-8-15(13)18)24(20,21)23-17-6-4-3-5-16(17)22-2/h3-8,11H,9-10H2,1-2H3. The van der Waals surface area contributed by atoms with Crippen LogP contribution in [0, 0.1) is 0 Å². The maximum Gasteiger partial charge on any atom is 0.339 e. The first kappa shape index (κ1) is 16.3. The van der Waals surface area contributed by atoms with Crippen LogP contribution in [-0.4, -0.2) is 28.0 Å². The van der Waals surface area contributed by atoms with Gasteiger partial charge in [-0.05, 0) is 42.3 Å². The molecule has 1 aliphatic heterocycles. The number of fused-ring (bicyclic) bond motifs is 1. The molecule has 0 bridgehead atoms. The van der Waals surface area contributed by atoms with Crippen molar-refractivity contribution in [3.8, 4) is 11.5 Å². The average molecular weight is 347 g/mol. The number of nitrogens with zero attached hydrogens (tertiary/aromatic N) is 1. The molecule has 6 nitrogen and oxygen atoms in total. The summed E-state index contributed by atoms with van der Waals surface area (Å²) < 4.78 is 35.4. The highest BCUT2D eigenvalue weighted by Gasteiger charge is 2.26. The van der Waals surface area contributed by atoms with E-state index in [-0.39, 0.29) is 16.6 Å². The first-order chi connectivity index (χ1) is 11.4. The van der Waals surface area contributed by atoms with E-state index < -0.39 is 10.1 Å². The van der Waals surface area contributed by atoms with Gasteiger partial charge in [0.15, 0.2) is 11.5 Å². The Morgan fingerprint density at radius 1 is 1.12 bits per heavy atom. The zero-order valence-electron chi connectivity index (χ0n) is 13.4. The maximum atomic E-state index is 12.5. The minimum atomic E-state index is -3.99. The van der Waals surface area contributed by atoms with Crippen molar-refractivity contribution in [3.63, 3.8) is 0 Å². The summed E-state index contributed by atoms with van der Waals surface area (Å²) in [5.74, 6) is 0.408. The molecule has 2 aromatic rings. The van der Waals surface area contributed by atoms with Gasteiger partial charge in [0.1, 0.15) is 4.90 Å². The second-order valence-corrected chi connectivity index (χ2v) is 6.95. The molecular weight excluding hydrogens is 330 g/mol. The molecule has 7 heteroatoms. The zero-order valence-corrected chi connectivity index (χ0v) is 14.2. The van der Waals surface area contributed by atoms with Crippen molar-refractivity contribution in [3.05, 3.63) is 48.0 Å². The van der Waals surface area contributed by atoms with Crippen LogP contribution in [0.5, 0.6) is 11.5 Å².